The van der Waals surface area contributed by atoms with Gasteiger partial charge in [0.05, 0.1) is 38.4 Å². The largest absolute Gasteiger partial charge is 0.309 e. The Morgan fingerprint density at radius 2 is 0.589 bits per heavy atom. The molecule has 0 saturated carbocycles. The molecule has 0 fully saturated rings. The number of hydrogen-bond donors (Lipinski definition) is 2. The summed E-state index contributed by atoms with van der Waals surface area (Å²) >= 11 is 13.1. The van der Waals surface area contributed by atoms with E-state index in [-0.39, 0.29) is 5.34 Å². The van der Waals surface area contributed by atoms with Crippen molar-refractivity contribution in [3.8, 4) is 17.1 Å². The molecule has 13 aromatic carbocycles. The lowest BCUT2D eigenvalue weighted by atomic mass is 10.1. The number of halogens is 3. The summed E-state index contributed by atoms with van der Waals surface area (Å²) in [5.74, 6) is 0. The summed E-state index contributed by atoms with van der Waals surface area (Å²) in [6, 6.07) is 119. The van der Waals surface area contributed by atoms with Gasteiger partial charge < -0.3 is 18.3 Å². The van der Waals surface area contributed by atoms with Crippen LogP contribution in [0, 0.1) is 0 Å². The van der Waals surface area contributed by atoms with Crippen molar-refractivity contribution in [1.29, 1.82) is 0 Å². The second-order valence-corrected chi connectivity index (χ2v) is 27.7. The molecule has 0 spiro atoms. The Kier molecular flexibility index (Phi) is 19.4. The second kappa shape index (κ2) is 28.6. The van der Waals surface area contributed by atoms with E-state index in [1.807, 2.05) is 78.9 Å². The van der Waals surface area contributed by atoms with E-state index in [0.29, 0.717) is 0 Å². The maximum atomic E-state index is 14.9. The van der Waals surface area contributed by atoms with Crippen LogP contribution in [-0.2, 0) is 4.57 Å². The number of hydrogen-bond acceptors (Lipinski definition) is 3. The van der Waals surface area contributed by atoms with Gasteiger partial charge in [-0.05, 0) is 127 Å². The summed E-state index contributed by atoms with van der Waals surface area (Å²) in [5.41, 5.74) is 10.7. The molecule has 11 heteroatoms. The number of alkyl halides is 2. The van der Waals surface area contributed by atoms with Crippen LogP contribution < -0.4 is 31.8 Å². The molecule has 440 valence electrons. The van der Waals surface area contributed by atoms with Crippen molar-refractivity contribution in [2.75, 3.05) is 5.34 Å². The molecule has 0 radical (unpaired) electrons. The Balaban J connectivity index is 0.000000130. The zero-order valence-electron chi connectivity index (χ0n) is 48.7. The molecule has 16 aromatic rings. The van der Waals surface area contributed by atoms with E-state index < -0.39 is 15.1 Å². The van der Waals surface area contributed by atoms with E-state index in [4.69, 9.17) is 33.7 Å². The van der Waals surface area contributed by atoms with E-state index in [2.05, 4.69) is 290 Å². The lowest BCUT2D eigenvalue weighted by Gasteiger charge is -2.20. The Bertz CT molecular complexity index is 4990. The summed E-state index contributed by atoms with van der Waals surface area (Å²) in [6.07, 6.45) is 0. The molecule has 90 heavy (non-hydrogen) atoms. The topological polar surface area (TPSA) is 72.3 Å². The highest BCUT2D eigenvalue weighted by Gasteiger charge is 2.30. The third kappa shape index (κ3) is 12.3. The van der Waals surface area contributed by atoms with Crippen LogP contribution in [0.2, 0.25) is 0 Å². The van der Waals surface area contributed by atoms with Crippen LogP contribution in [-0.4, -0.2) is 29.6 Å². The average Bonchev–Trinajstić information content (AvgIpc) is 1.78. The van der Waals surface area contributed by atoms with Gasteiger partial charge in [0.1, 0.15) is 0 Å². The first-order chi connectivity index (χ1) is 44.4. The predicted octanol–water partition coefficient (Wildman–Crippen LogP) is 20.0. The Hall–Kier alpha value is -9.10. The lowest BCUT2D eigenvalue weighted by molar-refractivity contribution is -0.176. The van der Waals surface area contributed by atoms with Crippen molar-refractivity contribution >= 4 is 151 Å². The zero-order chi connectivity index (χ0) is 61.8. The maximum Gasteiger partial charge on any atom is 0.171 e. The summed E-state index contributed by atoms with van der Waals surface area (Å²) in [7, 11) is -3.66. The molecule has 16 rings (SSSR count). The van der Waals surface area contributed by atoms with E-state index in [1.54, 1.807) is 0 Å². The molecule has 3 heterocycles. The maximum absolute atomic E-state index is 14.9. The first-order valence-electron chi connectivity index (χ1n) is 29.3. The van der Waals surface area contributed by atoms with Crippen molar-refractivity contribution in [3.63, 3.8) is 0 Å². The van der Waals surface area contributed by atoms with Gasteiger partial charge in [-0.2, -0.15) is 0 Å². The van der Waals surface area contributed by atoms with Crippen molar-refractivity contribution in [2.45, 2.75) is 0 Å². The fourth-order valence-electron chi connectivity index (χ4n) is 12.1. The monoisotopic (exact) mass is 1310 g/mol. The van der Waals surface area contributed by atoms with Gasteiger partial charge in [-0.3, -0.25) is 10.5 Å². The quantitative estimate of drug-likeness (QED) is 0.0655. The number of benzene rings is 13. The van der Waals surface area contributed by atoms with Crippen LogP contribution in [0.15, 0.2) is 344 Å². The Labute approximate surface area is 542 Å². The summed E-state index contributed by atoms with van der Waals surface area (Å²) in [5, 5.41) is 26.3. The van der Waals surface area contributed by atoms with Gasteiger partial charge in [-0.1, -0.05) is 253 Å². The van der Waals surface area contributed by atoms with Gasteiger partial charge in [-0.25, -0.2) is 0 Å². The smallest absolute Gasteiger partial charge is 0.171 e. The van der Waals surface area contributed by atoms with E-state index >= 15 is 0 Å². The van der Waals surface area contributed by atoms with Crippen LogP contribution in [0.4, 0.5) is 0 Å². The molecular formula is C79H60BrCl2N3O3P2. The normalized spacial score (nSPS) is 11.1. The van der Waals surface area contributed by atoms with Gasteiger partial charge in [-0.15, -0.1) is 23.2 Å². The molecule has 0 amide bonds. The van der Waals surface area contributed by atoms with Gasteiger partial charge in [0.25, 0.3) is 0 Å². The van der Waals surface area contributed by atoms with Gasteiger partial charge in [0.15, 0.2) is 7.14 Å². The highest BCUT2D eigenvalue weighted by molar-refractivity contribution is 9.10. The van der Waals surface area contributed by atoms with Gasteiger partial charge in [0.2, 0.25) is 0 Å². The minimum atomic E-state index is -3.03. The van der Waals surface area contributed by atoms with E-state index in [9.17, 15) is 4.57 Å². The summed E-state index contributed by atoms with van der Waals surface area (Å²) in [4.78, 5) is 0. The first kappa shape index (κ1) is 61.2. The van der Waals surface area contributed by atoms with Crippen molar-refractivity contribution in [3.05, 3.63) is 344 Å². The molecular weight excluding hydrogens is 1250 g/mol. The molecule has 0 aliphatic rings. The fraction of sp³-hybridized carbons (Fsp3) is 0.0127. The average molecular weight is 1310 g/mol. The molecule has 2 N–H and O–H groups in total. The number of rotatable bonds is 9. The van der Waals surface area contributed by atoms with Crippen molar-refractivity contribution in [2.24, 2.45) is 0 Å². The minimum Gasteiger partial charge on any atom is -0.309 e. The fourth-order valence-corrected chi connectivity index (χ4v) is 17.4. The summed E-state index contributed by atoms with van der Waals surface area (Å²) in [6.45, 7) is 0. The highest BCUT2D eigenvalue weighted by Crippen LogP contribution is 2.44. The van der Waals surface area contributed by atoms with E-state index in [1.165, 1.54) is 70.9 Å². The number of aromatic nitrogens is 3. The molecule has 0 saturated heterocycles. The van der Waals surface area contributed by atoms with Crippen molar-refractivity contribution in [1.82, 2.24) is 13.7 Å². The van der Waals surface area contributed by atoms with Crippen LogP contribution >= 0.6 is 54.2 Å². The second-order valence-electron chi connectivity index (χ2n) is 21.0. The standard InChI is InChI=1S/C30H22NOP.C30H22NP.C18H12BrN.CH2Cl2.H2O2/c32-33(24-14-6-2-7-15-24,25-16-8-3-9-17-25)26-20-21-30-28(22-26)27-18-10-11-19-29(27)31(30)23-12-4-1-5-13-23;1-4-12-23(13-5-1)31-29-19-11-10-18-27(29)28-22-26(20-21-30(28)31)32(24-14-6-2-7-15-24)25-16-8-3-9-17-25;19-13-10-11-18-16(12-13)15-8-4-5-9-17(15)20(18)14-6-2-1-3-7-14;2-1-3;1-2/h1-22H;1-22H;1-12H;1H2;1-2H. The highest BCUT2D eigenvalue weighted by atomic mass is 79.9. The molecule has 0 atom stereocenters. The molecule has 0 aliphatic carbocycles. The van der Waals surface area contributed by atoms with Crippen LogP contribution in [0.25, 0.3) is 82.5 Å². The minimum absolute atomic E-state index is 0.194. The lowest BCUT2D eigenvalue weighted by Crippen LogP contribution is -2.24. The van der Waals surface area contributed by atoms with Crippen LogP contribution in [0.5, 0.6) is 0 Å². The van der Waals surface area contributed by atoms with Crippen LogP contribution in [0.1, 0.15) is 0 Å². The van der Waals surface area contributed by atoms with E-state index in [0.717, 1.165) is 47.9 Å². The van der Waals surface area contributed by atoms with Crippen molar-refractivity contribution < 1.29 is 15.1 Å². The number of para-hydroxylation sites is 6. The molecule has 0 bridgehead atoms. The number of nitrogens with zero attached hydrogens (tertiary/aromatic N) is 3. The Morgan fingerprint density at radius 1 is 0.300 bits per heavy atom. The SMILES string of the molecule is Brc1ccc2c(c1)c1ccccc1n2-c1ccccc1.ClCCl.O=P(c1ccccc1)(c1ccccc1)c1ccc2c(c1)c1ccccc1n2-c1ccccc1.OO.c1ccc(-n2c3ccccc3c3cc(P(c4ccccc4)c4ccccc4)ccc32)cc1. The molecule has 6 nitrogen and oxygen atoms in total. The number of fused-ring (bicyclic) bond motifs is 9. The Morgan fingerprint density at radius 3 is 0.978 bits per heavy atom. The molecule has 0 unspecified atom stereocenters. The zero-order valence-corrected chi connectivity index (χ0v) is 53.6. The third-order valence-electron chi connectivity index (χ3n) is 15.9. The predicted molar refractivity (Wildman–Crippen MR) is 390 cm³/mol. The summed E-state index contributed by atoms with van der Waals surface area (Å²) < 4.78 is 23.0. The third-order valence-corrected chi connectivity index (χ3v) is 21.9. The van der Waals surface area contributed by atoms with Crippen LogP contribution in [0.3, 0.4) is 0 Å². The van der Waals surface area contributed by atoms with Gasteiger partial charge in [0, 0.05) is 69.8 Å². The molecule has 3 aromatic heterocycles. The first-order valence-corrected chi connectivity index (χ1v) is 34.2. The van der Waals surface area contributed by atoms with Gasteiger partial charge >= 0.3 is 0 Å². The molecule has 0 aliphatic heterocycles.